The van der Waals surface area contributed by atoms with Crippen LogP contribution in [0.25, 0.3) is 0 Å². The van der Waals surface area contributed by atoms with Gasteiger partial charge >= 0.3 is 5.97 Å². The minimum Gasteiger partial charge on any atom is -0.455 e. The Hall–Kier alpha value is -1.44. The van der Waals surface area contributed by atoms with E-state index in [1.165, 1.54) is 11.3 Å². The standard InChI is InChI=1S/C16H23ClN2O4S/c1-16(2,3)23-15(22)12-10-24-14(19-12)9-18-13(21)8-11(20)6-4-5-7-17/h4,6,10-11,20H,5,7-9H2,1-3H3,(H,18,21). The fourth-order valence-corrected chi connectivity index (χ4v) is 2.47. The Morgan fingerprint density at radius 2 is 2.21 bits per heavy atom. The third-order valence-corrected chi connectivity index (χ3v) is 3.69. The van der Waals surface area contributed by atoms with Gasteiger partial charge in [0.2, 0.25) is 5.91 Å². The lowest BCUT2D eigenvalue weighted by atomic mass is 10.2. The van der Waals surface area contributed by atoms with Gasteiger partial charge < -0.3 is 15.2 Å². The lowest BCUT2D eigenvalue weighted by molar-refractivity contribution is -0.122. The molecule has 1 heterocycles. The molecule has 2 N–H and O–H groups in total. The monoisotopic (exact) mass is 374 g/mol. The number of allylic oxidation sites excluding steroid dienone is 1. The van der Waals surface area contributed by atoms with Crippen LogP contribution in [0.4, 0.5) is 0 Å². The van der Waals surface area contributed by atoms with Crippen LogP contribution in [0.3, 0.4) is 0 Å². The molecule has 1 rings (SSSR count). The smallest absolute Gasteiger partial charge is 0.358 e. The van der Waals surface area contributed by atoms with Crippen molar-refractivity contribution in [1.29, 1.82) is 0 Å². The van der Waals surface area contributed by atoms with E-state index in [4.69, 9.17) is 16.3 Å². The number of nitrogens with one attached hydrogen (secondary N) is 1. The third-order valence-electron chi connectivity index (χ3n) is 2.63. The van der Waals surface area contributed by atoms with Crippen molar-refractivity contribution in [2.24, 2.45) is 0 Å². The number of hydrogen-bond donors (Lipinski definition) is 2. The van der Waals surface area contributed by atoms with Crippen molar-refractivity contribution in [3.8, 4) is 0 Å². The molecule has 0 bridgehead atoms. The molecule has 134 valence electrons. The van der Waals surface area contributed by atoms with Crippen molar-refractivity contribution < 1.29 is 19.4 Å². The van der Waals surface area contributed by atoms with Crippen molar-refractivity contribution in [2.45, 2.75) is 51.9 Å². The number of ether oxygens (including phenoxy) is 1. The van der Waals surface area contributed by atoms with Gasteiger partial charge in [-0.1, -0.05) is 12.2 Å². The number of alkyl halides is 1. The van der Waals surface area contributed by atoms with Crippen molar-refractivity contribution in [2.75, 3.05) is 5.88 Å². The van der Waals surface area contributed by atoms with Gasteiger partial charge in [-0.2, -0.15) is 0 Å². The Bertz CT molecular complexity index is 581. The van der Waals surface area contributed by atoms with E-state index in [-0.39, 0.29) is 24.6 Å². The summed E-state index contributed by atoms with van der Waals surface area (Å²) in [5.74, 6) is -0.317. The molecule has 0 aliphatic heterocycles. The first-order chi connectivity index (χ1) is 11.2. The summed E-state index contributed by atoms with van der Waals surface area (Å²) in [6.45, 7) is 5.55. The van der Waals surface area contributed by atoms with Crippen molar-refractivity contribution in [3.05, 3.63) is 28.2 Å². The number of nitrogens with zero attached hydrogens (tertiary/aromatic N) is 1. The second-order valence-electron chi connectivity index (χ2n) is 6.08. The number of thiazole rings is 1. The summed E-state index contributed by atoms with van der Waals surface area (Å²) in [5.41, 5.74) is -0.356. The van der Waals surface area contributed by atoms with Crippen molar-refractivity contribution in [3.63, 3.8) is 0 Å². The lowest BCUT2D eigenvalue weighted by Crippen LogP contribution is -2.26. The molecule has 1 amide bonds. The van der Waals surface area contributed by atoms with E-state index in [1.54, 1.807) is 38.3 Å². The Morgan fingerprint density at radius 1 is 1.50 bits per heavy atom. The molecule has 1 aromatic rings. The van der Waals surface area contributed by atoms with Crippen LogP contribution in [0.15, 0.2) is 17.5 Å². The molecule has 6 nitrogen and oxygen atoms in total. The Kier molecular flexibility index (Phi) is 8.38. The van der Waals surface area contributed by atoms with E-state index in [0.717, 1.165) is 0 Å². The summed E-state index contributed by atoms with van der Waals surface area (Å²) in [4.78, 5) is 27.8. The van der Waals surface area contributed by atoms with Gasteiger partial charge in [-0.15, -0.1) is 22.9 Å². The van der Waals surface area contributed by atoms with E-state index in [9.17, 15) is 14.7 Å². The van der Waals surface area contributed by atoms with Crippen molar-refractivity contribution in [1.82, 2.24) is 10.3 Å². The van der Waals surface area contributed by atoms with E-state index in [1.807, 2.05) is 0 Å². The van der Waals surface area contributed by atoms with Gasteiger partial charge in [0.15, 0.2) is 5.69 Å². The van der Waals surface area contributed by atoms with Crippen LogP contribution < -0.4 is 5.32 Å². The molecule has 0 aromatic carbocycles. The van der Waals surface area contributed by atoms with Crippen LogP contribution in [0.5, 0.6) is 0 Å². The zero-order chi connectivity index (χ0) is 18.2. The SMILES string of the molecule is CC(C)(C)OC(=O)c1csc(CNC(=O)CC(O)C=CCCCl)n1. The highest BCUT2D eigenvalue weighted by atomic mass is 35.5. The highest BCUT2D eigenvalue weighted by Crippen LogP contribution is 2.15. The number of amides is 1. The van der Waals surface area contributed by atoms with Gasteiger partial charge in [-0.25, -0.2) is 9.78 Å². The quantitative estimate of drug-likeness (QED) is 0.415. The third kappa shape index (κ3) is 8.42. The summed E-state index contributed by atoms with van der Waals surface area (Å²) in [5, 5.41) is 14.5. The van der Waals surface area contributed by atoms with Crippen molar-refractivity contribution >= 4 is 34.8 Å². The predicted molar refractivity (Wildman–Crippen MR) is 94.2 cm³/mol. The Labute approximate surface area is 150 Å². The average molecular weight is 375 g/mol. The average Bonchev–Trinajstić information content (AvgIpc) is 2.92. The second kappa shape index (κ2) is 9.76. The lowest BCUT2D eigenvalue weighted by Gasteiger charge is -2.18. The number of aliphatic hydroxyl groups excluding tert-OH is 1. The molecule has 24 heavy (non-hydrogen) atoms. The number of aromatic nitrogens is 1. The first-order valence-electron chi connectivity index (χ1n) is 7.56. The highest BCUT2D eigenvalue weighted by Gasteiger charge is 2.20. The second-order valence-corrected chi connectivity index (χ2v) is 7.40. The number of aliphatic hydroxyl groups is 1. The summed E-state index contributed by atoms with van der Waals surface area (Å²) in [7, 11) is 0. The van der Waals surface area contributed by atoms with Crippen LogP contribution in [0, 0.1) is 0 Å². The molecular formula is C16H23ClN2O4S. The number of hydrogen-bond acceptors (Lipinski definition) is 6. The molecule has 0 saturated carbocycles. The van der Waals surface area contributed by atoms with Crippen LogP contribution in [-0.4, -0.2) is 39.6 Å². The zero-order valence-electron chi connectivity index (χ0n) is 14.0. The largest absolute Gasteiger partial charge is 0.455 e. The molecule has 0 fully saturated rings. The first kappa shape index (κ1) is 20.6. The number of esters is 1. The summed E-state index contributed by atoms with van der Waals surface area (Å²) in [6.07, 6.45) is 3.04. The van der Waals surface area contributed by atoms with Gasteiger partial charge in [0.05, 0.1) is 19.1 Å². The maximum absolute atomic E-state index is 11.9. The first-order valence-corrected chi connectivity index (χ1v) is 8.98. The van der Waals surface area contributed by atoms with E-state index in [2.05, 4.69) is 10.3 Å². The maximum atomic E-state index is 11.9. The van der Waals surface area contributed by atoms with Gasteiger partial charge in [0.25, 0.3) is 0 Å². The molecule has 1 unspecified atom stereocenters. The Morgan fingerprint density at radius 3 is 2.83 bits per heavy atom. The molecule has 0 aliphatic rings. The molecule has 0 saturated heterocycles. The molecule has 1 atom stereocenters. The van der Waals surface area contributed by atoms with Gasteiger partial charge in [-0.05, 0) is 27.2 Å². The van der Waals surface area contributed by atoms with E-state index < -0.39 is 17.7 Å². The summed E-state index contributed by atoms with van der Waals surface area (Å²) < 4.78 is 5.23. The molecule has 1 aromatic heterocycles. The highest BCUT2D eigenvalue weighted by molar-refractivity contribution is 7.09. The van der Waals surface area contributed by atoms with Crippen LogP contribution in [-0.2, 0) is 16.1 Å². The zero-order valence-corrected chi connectivity index (χ0v) is 15.6. The predicted octanol–water partition coefficient (Wildman–Crippen LogP) is 2.65. The molecule has 0 radical (unpaired) electrons. The van der Waals surface area contributed by atoms with E-state index >= 15 is 0 Å². The van der Waals surface area contributed by atoms with Crippen LogP contribution >= 0.6 is 22.9 Å². The van der Waals surface area contributed by atoms with Crippen LogP contribution in [0.2, 0.25) is 0 Å². The molecule has 0 spiro atoms. The number of carbonyl (C=O) groups is 2. The topological polar surface area (TPSA) is 88.5 Å². The minimum absolute atomic E-state index is 0.0386. The minimum atomic E-state index is -0.846. The molecule has 0 aliphatic carbocycles. The number of halogens is 1. The molecular weight excluding hydrogens is 352 g/mol. The fourth-order valence-electron chi connectivity index (χ4n) is 1.64. The molecule has 8 heteroatoms. The fraction of sp³-hybridized carbons (Fsp3) is 0.562. The van der Waals surface area contributed by atoms with Gasteiger partial charge in [0.1, 0.15) is 10.6 Å². The maximum Gasteiger partial charge on any atom is 0.358 e. The van der Waals surface area contributed by atoms with Gasteiger partial charge in [0, 0.05) is 11.3 Å². The van der Waals surface area contributed by atoms with Gasteiger partial charge in [-0.3, -0.25) is 4.79 Å². The number of carbonyl (C=O) groups excluding carboxylic acids is 2. The summed E-state index contributed by atoms with van der Waals surface area (Å²) >= 11 is 6.78. The number of rotatable bonds is 8. The Balaban J connectivity index is 2.43. The normalized spacial score (nSPS) is 13.0. The van der Waals surface area contributed by atoms with E-state index in [0.29, 0.717) is 17.3 Å². The summed E-state index contributed by atoms with van der Waals surface area (Å²) in [6, 6.07) is 0. The van der Waals surface area contributed by atoms with Crippen LogP contribution in [0.1, 0.15) is 49.1 Å².